The fourth-order valence-corrected chi connectivity index (χ4v) is 2.26. The Bertz CT molecular complexity index is 396. The molecule has 1 rings (SSSR count). The van der Waals surface area contributed by atoms with E-state index in [1.54, 1.807) is 18.3 Å². The molecule has 1 N–H and O–H groups in total. The molecule has 0 fully saturated rings. The van der Waals surface area contributed by atoms with Crippen LogP contribution in [0.1, 0.15) is 38.1 Å². The van der Waals surface area contributed by atoms with Gasteiger partial charge in [-0.15, -0.1) is 0 Å². The minimum Gasteiger partial charge on any atom is -0.351 e. The number of pyridine rings is 1. The first kappa shape index (κ1) is 16.1. The van der Waals surface area contributed by atoms with E-state index in [1.165, 1.54) is 0 Å². The van der Waals surface area contributed by atoms with E-state index in [0.29, 0.717) is 24.2 Å². The van der Waals surface area contributed by atoms with Gasteiger partial charge in [0.15, 0.2) is 0 Å². The van der Waals surface area contributed by atoms with Gasteiger partial charge < -0.3 is 5.32 Å². The minimum absolute atomic E-state index is 0.0764. The number of rotatable bonds is 6. The Morgan fingerprint density at radius 1 is 1.32 bits per heavy atom. The second-order valence-electron chi connectivity index (χ2n) is 5.05. The second kappa shape index (κ2) is 7.60. The normalized spacial score (nSPS) is 11.4. The Hall–Kier alpha value is -0.940. The number of hydrogen-bond acceptors (Lipinski definition) is 3. The number of carbonyl (C=O) groups excluding carboxylic acids is 1. The van der Waals surface area contributed by atoms with Crippen molar-refractivity contribution in [3.8, 4) is 0 Å². The van der Waals surface area contributed by atoms with Crippen LogP contribution in [-0.2, 0) is 0 Å². The third-order valence-electron chi connectivity index (χ3n) is 2.97. The van der Waals surface area contributed by atoms with Crippen molar-refractivity contribution < 1.29 is 4.79 Å². The van der Waals surface area contributed by atoms with Crippen LogP contribution in [0.5, 0.6) is 0 Å². The third-order valence-corrected chi connectivity index (χ3v) is 3.44. The number of nitrogens with one attached hydrogen (secondary N) is 1. The fraction of sp³-hybridized carbons (Fsp3) is 0.571. The Morgan fingerprint density at radius 2 is 1.95 bits per heavy atom. The summed E-state index contributed by atoms with van der Waals surface area (Å²) in [5.74, 6) is -0.0764. The first-order valence-electron chi connectivity index (χ1n) is 6.57. The lowest BCUT2D eigenvalue weighted by Crippen LogP contribution is -2.42. The van der Waals surface area contributed by atoms with E-state index in [4.69, 9.17) is 0 Å². The first-order valence-corrected chi connectivity index (χ1v) is 7.36. The molecule has 106 valence electrons. The van der Waals surface area contributed by atoms with Gasteiger partial charge in [-0.3, -0.25) is 9.69 Å². The van der Waals surface area contributed by atoms with Gasteiger partial charge in [0, 0.05) is 31.4 Å². The van der Waals surface area contributed by atoms with Crippen LogP contribution in [0, 0.1) is 0 Å². The highest BCUT2D eigenvalue weighted by molar-refractivity contribution is 9.10. The molecule has 1 aromatic heterocycles. The van der Waals surface area contributed by atoms with Crippen LogP contribution >= 0.6 is 15.9 Å². The van der Waals surface area contributed by atoms with Crippen LogP contribution in [0.2, 0.25) is 0 Å². The Labute approximate surface area is 123 Å². The number of hydrogen-bond donors (Lipinski definition) is 1. The molecular weight excluding hydrogens is 306 g/mol. The van der Waals surface area contributed by atoms with Crippen molar-refractivity contribution in [1.82, 2.24) is 15.2 Å². The van der Waals surface area contributed by atoms with Gasteiger partial charge in [0.05, 0.1) is 5.56 Å². The van der Waals surface area contributed by atoms with Crippen molar-refractivity contribution in [3.05, 3.63) is 28.5 Å². The van der Waals surface area contributed by atoms with Crippen LogP contribution < -0.4 is 5.32 Å². The summed E-state index contributed by atoms with van der Waals surface area (Å²) in [7, 11) is 0. The number of nitrogens with zero attached hydrogens (tertiary/aromatic N) is 2. The van der Waals surface area contributed by atoms with Crippen molar-refractivity contribution in [1.29, 1.82) is 0 Å². The summed E-state index contributed by atoms with van der Waals surface area (Å²) in [6, 6.07) is 4.48. The lowest BCUT2D eigenvalue weighted by atomic mass is 10.2. The van der Waals surface area contributed by atoms with E-state index in [2.05, 4.69) is 58.8 Å². The number of amides is 1. The highest BCUT2D eigenvalue weighted by Gasteiger charge is 2.13. The van der Waals surface area contributed by atoms with Gasteiger partial charge in [0.25, 0.3) is 5.91 Å². The molecule has 5 heteroatoms. The molecule has 0 atom stereocenters. The molecule has 0 aliphatic carbocycles. The molecule has 4 nitrogen and oxygen atoms in total. The number of aromatic nitrogens is 1. The van der Waals surface area contributed by atoms with Crippen molar-refractivity contribution in [2.24, 2.45) is 0 Å². The topological polar surface area (TPSA) is 45.2 Å². The fourth-order valence-electron chi connectivity index (χ4n) is 2.02. The molecular formula is C14H22BrN3O. The van der Waals surface area contributed by atoms with Crippen molar-refractivity contribution in [3.63, 3.8) is 0 Å². The van der Waals surface area contributed by atoms with Crippen LogP contribution in [0.15, 0.2) is 22.9 Å². The molecule has 0 aliphatic heterocycles. The summed E-state index contributed by atoms with van der Waals surface area (Å²) < 4.78 is 0.731. The predicted octanol–water partition coefficient (Wildman–Crippen LogP) is 2.69. The summed E-state index contributed by atoms with van der Waals surface area (Å²) in [6.45, 7) is 10.2. The summed E-state index contributed by atoms with van der Waals surface area (Å²) in [5, 5.41) is 2.92. The van der Waals surface area contributed by atoms with E-state index >= 15 is 0 Å². The smallest absolute Gasteiger partial charge is 0.252 e. The highest BCUT2D eigenvalue weighted by Crippen LogP contribution is 2.06. The molecule has 0 saturated heterocycles. The Morgan fingerprint density at radius 3 is 2.42 bits per heavy atom. The van der Waals surface area contributed by atoms with E-state index in [9.17, 15) is 4.79 Å². The van der Waals surface area contributed by atoms with Crippen LogP contribution in [-0.4, -0.2) is 41.0 Å². The average molecular weight is 328 g/mol. The van der Waals surface area contributed by atoms with Crippen molar-refractivity contribution in [2.75, 3.05) is 13.1 Å². The summed E-state index contributed by atoms with van der Waals surface area (Å²) in [4.78, 5) is 18.3. The molecule has 0 aliphatic rings. The monoisotopic (exact) mass is 327 g/mol. The second-order valence-corrected chi connectivity index (χ2v) is 5.86. The van der Waals surface area contributed by atoms with E-state index < -0.39 is 0 Å². The van der Waals surface area contributed by atoms with Crippen molar-refractivity contribution >= 4 is 21.8 Å². The van der Waals surface area contributed by atoms with Gasteiger partial charge in [0.2, 0.25) is 0 Å². The first-order chi connectivity index (χ1) is 8.91. The molecule has 0 aromatic carbocycles. The quantitative estimate of drug-likeness (QED) is 0.817. The molecule has 1 amide bonds. The van der Waals surface area contributed by atoms with Gasteiger partial charge in [-0.1, -0.05) is 0 Å². The molecule has 19 heavy (non-hydrogen) atoms. The molecule has 1 heterocycles. The zero-order valence-corrected chi connectivity index (χ0v) is 13.6. The largest absolute Gasteiger partial charge is 0.351 e. The van der Waals surface area contributed by atoms with Crippen LogP contribution in [0.3, 0.4) is 0 Å². The molecule has 0 spiro atoms. The summed E-state index contributed by atoms with van der Waals surface area (Å²) in [5.41, 5.74) is 0.587. The van der Waals surface area contributed by atoms with Gasteiger partial charge in [0.1, 0.15) is 4.60 Å². The minimum atomic E-state index is -0.0764. The van der Waals surface area contributed by atoms with Crippen molar-refractivity contribution in [2.45, 2.75) is 39.8 Å². The predicted molar refractivity (Wildman–Crippen MR) is 81.2 cm³/mol. The SMILES string of the molecule is CC(C)N(CCNC(=O)c1ccc(Br)nc1)C(C)C. The zero-order chi connectivity index (χ0) is 14.4. The van der Waals surface area contributed by atoms with E-state index in [-0.39, 0.29) is 5.91 Å². The number of halogens is 1. The van der Waals surface area contributed by atoms with Gasteiger partial charge in [-0.05, 0) is 55.8 Å². The van der Waals surface area contributed by atoms with Gasteiger partial charge >= 0.3 is 0 Å². The molecule has 0 saturated carbocycles. The molecule has 1 aromatic rings. The zero-order valence-electron chi connectivity index (χ0n) is 12.0. The molecule has 0 bridgehead atoms. The Balaban J connectivity index is 2.44. The maximum atomic E-state index is 11.9. The molecule has 0 radical (unpaired) electrons. The number of carbonyl (C=O) groups is 1. The van der Waals surface area contributed by atoms with E-state index in [1.807, 2.05) is 0 Å². The van der Waals surface area contributed by atoms with Gasteiger partial charge in [-0.2, -0.15) is 0 Å². The maximum Gasteiger partial charge on any atom is 0.252 e. The highest BCUT2D eigenvalue weighted by atomic mass is 79.9. The maximum absolute atomic E-state index is 11.9. The van der Waals surface area contributed by atoms with E-state index in [0.717, 1.165) is 11.1 Å². The summed E-state index contributed by atoms with van der Waals surface area (Å²) in [6.07, 6.45) is 1.57. The lowest BCUT2D eigenvalue weighted by Gasteiger charge is -2.30. The summed E-state index contributed by atoms with van der Waals surface area (Å²) >= 11 is 3.25. The van der Waals surface area contributed by atoms with Gasteiger partial charge in [-0.25, -0.2) is 4.98 Å². The van der Waals surface area contributed by atoms with Crippen LogP contribution in [0.25, 0.3) is 0 Å². The van der Waals surface area contributed by atoms with Crippen LogP contribution in [0.4, 0.5) is 0 Å². The lowest BCUT2D eigenvalue weighted by molar-refractivity contribution is 0.0939. The Kier molecular flexibility index (Phi) is 6.45. The third kappa shape index (κ3) is 5.28. The molecule has 0 unspecified atom stereocenters. The standard InChI is InChI=1S/C14H22BrN3O/c1-10(2)18(11(3)4)8-7-16-14(19)12-5-6-13(15)17-9-12/h5-6,9-11H,7-8H2,1-4H3,(H,16,19). The average Bonchev–Trinajstić information content (AvgIpc) is 2.34.